The van der Waals surface area contributed by atoms with Gasteiger partial charge in [0.1, 0.15) is 12.4 Å². The molecule has 30 heavy (non-hydrogen) atoms. The molecule has 2 amide bonds. The Morgan fingerprint density at radius 3 is 1.97 bits per heavy atom. The standard InChI is InChI=1S/C25H30N2O3/c1-18-11-13-26(15-18)24(28)21-8-4-3-7-20(21)17-30-23-10-6-5-9-22(23)25(29)27-14-12-19(2)16-27/h3-10,18-19H,11-17H2,1-2H3. The summed E-state index contributed by atoms with van der Waals surface area (Å²) in [7, 11) is 0. The Labute approximate surface area is 178 Å². The number of rotatable bonds is 5. The molecule has 158 valence electrons. The highest BCUT2D eigenvalue weighted by atomic mass is 16.5. The van der Waals surface area contributed by atoms with E-state index >= 15 is 0 Å². The lowest BCUT2D eigenvalue weighted by Gasteiger charge is -2.20. The highest BCUT2D eigenvalue weighted by Gasteiger charge is 2.27. The van der Waals surface area contributed by atoms with Crippen LogP contribution in [0.2, 0.25) is 0 Å². The minimum Gasteiger partial charge on any atom is -0.488 e. The van der Waals surface area contributed by atoms with Gasteiger partial charge in [-0.2, -0.15) is 0 Å². The van der Waals surface area contributed by atoms with Crippen LogP contribution in [0.4, 0.5) is 0 Å². The van der Waals surface area contributed by atoms with Gasteiger partial charge in [-0.3, -0.25) is 9.59 Å². The second-order valence-corrected chi connectivity index (χ2v) is 8.73. The third-order valence-corrected chi connectivity index (χ3v) is 6.17. The molecule has 0 radical (unpaired) electrons. The van der Waals surface area contributed by atoms with Crippen molar-refractivity contribution in [2.24, 2.45) is 11.8 Å². The first kappa shape index (κ1) is 20.5. The Kier molecular flexibility index (Phi) is 6.07. The molecule has 2 saturated heterocycles. The fourth-order valence-corrected chi connectivity index (χ4v) is 4.36. The van der Waals surface area contributed by atoms with Gasteiger partial charge in [-0.15, -0.1) is 0 Å². The van der Waals surface area contributed by atoms with Crippen molar-refractivity contribution >= 4 is 11.8 Å². The zero-order valence-electron chi connectivity index (χ0n) is 17.8. The predicted octanol–water partition coefficient (Wildman–Crippen LogP) is 4.23. The molecule has 2 fully saturated rings. The lowest BCUT2D eigenvalue weighted by Crippen LogP contribution is -2.29. The summed E-state index contributed by atoms with van der Waals surface area (Å²) in [5, 5.41) is 0. The number of amides is 2. The van der Waals surface area contributed by atoms with E-state index in [1.807, 2.05) is 58.3 Å². The summed E-state index contributed by atoms with van der Waals surface area (Å²) in [6.45, 7) is 7.80. The van der Waals surface area contributed by atoms with E-state index in [4.69, 9.17) is 4.74 Å². The van der Waals surface area contributed by atoms with Gasteiger partial charge in [0, 0.05) is 37.3 Å². The molecule has 2 aliphatic rings. The van der Waals surface area contributed by atoms with Crippen LogP contribution < -0.4 is 4.74 Å². The van der Waals surface area contributed by atoms with E-state index in [0.717, 1.165) is 44.6 Å². The molecule has 4 rings (SSSR count). The first-order chi connectivity index (χ1) is 14.5. The van der Waals surface area contributed by atoms with Gasteiger partial charge in [-0.1, -0.05) is 44.2 Å². The molecule has 0 N–H and O–H groups in total. The zero-order chi connectivity index (χ0) is 21.1. The average Bonchev–Trinajstić information content (AvgIpc) is 3.40. The van der Waals surface area contributed by atoms with Crippen LogP contribution in [0.25, 0.3) is 0 Å². The van der Waals surface area contributed by atoms with Gasteiger partial charge in [0.05, 0.1) is 5.56 Å². The molecule has 0 aromatic heterocycles. The number of likely N-dealkylation sites (tertiary alicyclic amines) is 2. The molecule has 2 heterocycles. The third kappa shape index (κ3) is 4.35. The zero-order valence-corrected chi connectivity index (χ0v) is 17.8. The first-order valence-corrected chi connectivity index (χ1v) is 10.9. The van der Waals surface area contributed by atoms with Crippen LogP contribution in [-0.4, -0.2) is 47.8 Å². The Hall–Kier alpha value is -2.82. The number of hydrogen-bond donors (Lipinski definition) is 0. The van der Waals surface area contributed by atoms with Crippen molar-refractivity contribution in [1.82, 2.24) is 9.80 Å². The lowest BCUT2D eigenvalue weighted by molar-refractivity contribution is 0.0773. The van der Waals surface area contributed by atoms with Crippen LogP contribution in [0, 0.1) is 11.8 Å². The van der Waals surface area contributed by atoms with E-state index in [9.17, 15) is 9.59 Å². The van der Waals surface area contributed by atoms with Crippen molar-refractivity contribution in [3.8, 4) is 5.75 Å². The number of hydrogen-bond acceptors (Lipinski definition) is 3. The lowest BCUT2D eigenvalue weighted by atomic mass is 10.1. The molecular formula is C25H30N2O3. The van der Waals surface area contributed by atoms with E-state index in [1.54, 1.807) is 0 Å². The number of para-hydroxylation sites is 1. The first-order valence-electron chi connectivity index (χ1n) is 10.9. The second-order valence-electron chi connectivity index (χ2n) is 8.73. The molecular weight excluding hydrogens is 376 g/mol. The van der Waals surface area contributed by atoms with Crippen molar-refractivity contribution in [2.75, 3.05) is 26.2 Å². The van der Waals surface area contributed by atoms with Gasteiger partial charge in [0.25, 0.3) is 11.8 Å². The Morgan fingerprint density at radius 2 is 1.37 bits per heavy atom. The summed E-state index contributed by atoms with van der Waals surface area (Å²) in [6.07, 6.45) is 2.09. The van der Waals surface area contributed by atoms with E-state index in [-0.39, 0.29) is 18.4 Å². The minimum absolute atomic E-state index is 0.0189. The Balaban J connectivity index is 1.50. The highest BCUT2D eigenvalue weighted by molar-refractivity contribution is 5.97. The van der Waals surface area contributed by atoms with Gasteiger partial charge in [-0.05, 0) is 42.9 Å². The number of benzene rings is 2. The Morgan fingerprint density at radius 1 is 0.833 bits per heavy atom. The summed E-state index contributed by atoms with van der Waals surface area (Å²) in [4.78, 5) is 29.8. The third-order valence-electron chi connectivity index (χ3n) is 6.17. The van der Waals surface area contributed by atoms with Crippen molar-refractivity contribution in [3.63, 3.8) is 0 Å². The summed E-state index contributed by atoms with van der Waals surface area (Å²) < 4.78 is 6.09. The van der Waals surface area contributed by atoms with Gasteiger partial charge in [0.2, 0.25) is 0 Å². The molecule has 0 bridgehead atoms. The summed E-state index contributed by atoms with van der Waals surface area (Å²) in [6, 6.07) is 15.0. The normalized spacial score (nSPS) is 21.1. The fourth-order valence-electron chi connectivity index (χ4n) is 4.36. The number of nitrogens with zero attached hydrogens (tertiary/aromatic N) is 2. The number of carbonyl (C=O) groups is 2. The van der Waals surface area contributed by atoms with Crippen LogP contribution in [0.15, 0.2) is 48.5 Å². The summed E-state index contributed by atoms with van der Waals surface area (Å²) in [5.74, 6) is 1.73. The predicted molar refractivity (Wildman–Crippen MR) is 117 cm³/mol. The number of carbonyl (C=O) groups excluding carboxylic acids is 2. The Bertz CT molecular complexity index is 851. The quantitative estimate of drug-likeness (QED) is 0.747. The SMILES string of the molecule is CC1CCN(C(=O)c2ccccc2COc2ccccc2C(=O)N2CCC(C)C2)C1. The molecule has 2 aliphatic heterocycles. The van der Waals surface area contributed by atoms with Crippen LogP contribution >= 0.6 is 0 Å². The summed E-state index contributed by atoms with van der Waals surface area (Å²) in [5.41, 5.74) is 2.12. The van der Waals surface area contributed by atoms with Gasteiger partial charge >= 0.3 is 0 Å². The second kappa shape index (κ2) is 8.90. The van der Waals surface area contributed by atoms with E-state index in [2.05, 4.69) is 13.8 Å². The van der Waals surface area contributed by atoms with Gasteiger partial charge < -0.3 is 14.5 Å². The summed E-state index contributed by atoms with van der Waals surface area (Å²) >= 11 is 0. The highest BCUT2D eigenvalue weighted by Crippen LogP contribution is 2.26. The topological polar surface area (TPSA) is 49.9 Å². The van der Waals surface area contributed by atoms with Crippen molar-refractivity contribution in [1.29, 1.82) is 0 Å². The van der Waals surface area contributed by atoms with Crippen LogP contribution in [0.3, 0.4) is 0 Å². The molecule has 0 aliphatic carbocycles. The molecule has 2 aromatic carbocycles. The van der Waals surface area contributed by atoms with Crippen LogP contribution in [-0.2, 0) is 6.61 Å². The molecule has 0 spiro atoms. The average molecular weight is 407 g/mol. The smallest absolute Gasteiger partial charge is 0.257 e. The maximum absolute atomic E-state index is 13.0. The number of ether oxygens (including phenoxy) is 1. The van der Waals surface area contributed by atoms with Crippen LogP contribution in [0.5, 0.6) is 5.75 Å². The van der Waals surface area contributed by atoms with E-state index in [0.29, 0.717) is 28.7 Å². The molecule has 2 aromatic rings. The van der Waals surface area contributed by atoms with Crippen molar-refractivity contribution in [3.05, 3.63) is 65.2 Å². The molecule has 2 atom stereocenters. The molecule has 5 nitrogen and oxygen atoms in total. The van der Waals surface area contributed by atoms with Crippen molar-refractivity contribution in [2.45, 2.75) is 33.3 Å². The molecule has 0 saturated carbocycles. The minimum atomic E-state index is 0.0189. The van der Waals surface area contributed by atoms with Gasteiger partial charge in [-0.25, -0.2) is 0 Å². The van der Waals surface area contributed by atoms with Crippen LogP contribution in [0.1, 0.15) is 53.0 Å². The maximum Gasteiger partial charge on any atom is 0.257 e. The van der Waals surface area contributed by atoms with E-state index in [1.165, 1.54) is 0 Å². The monoisotopic (exact) mass is 406 g/mol. The fraction of sp³-hybridized carbons (Fsp3) is 0.440. The maximum atomic E-state index is 13.0. The molecule has 5 heteroatoms. The van der Waals surface area contributed by atoms with Gasteiger partial charge in [0.15, 0.2) is 0 Å². The molecule has 2 unspecified atom stereocenters. The largest absolute Gasteiger partial charge is 0.488 e. The van der Waals surface area contributed by atoms with Crippen molar-refractivity contribution < 1.29 is 14.3 Å². The van der Waals surface area contributed by atoms with E-state index < -0.39 is 0 Å².